The Hall–Kier alpha value is -1.92. The minimum absolute atomic E-state index is 0.513. The Morgan fingerprint density at radius 1 is 1.10 bits per heavy atom. The third-order valence-corrected chi connectivity index (χ3v) is 3.94. The van der Waals surface area contributed by atoms with Crippen LogP contribution in [0, 0.1) is 0 Å². The first-order chi connectivity index (χ1) is 9.84. The zero-order valence-corrected chi connectivity index (χ0v) is 11.9. The van der Waals surface area contributed by atoms with Gasteiger partial charge in [0.15, 0.2) is 0 Å². The van der Waals surface area contributed by atoms with Gasteiger partial charge in [0.05, 0.1) is 5.69 Å². The molecule has 0 atom stereocenters. The molecule has 0 N–H and O–H groups in total. The average molecular weight is 304 g/mol. The molecule has 20 heavy (non-hydrogen) atoms. The van der Waals surface area contributed by atoms with Gasteiger partial charge in [0.2, 0.25) is 5.16 Å². The van der Waals surface area contributed by atoms with E-state index in [2.05, 4.69) is 20.5 Å². The first kappa shape index (κ1) is 13.1. The Bertz CT molecular complexity index is 701. The molecule has 1 aromatic carbocycles. The largest absolute Gasteiger partial charge is 0.244 e. The maximum Gasteiger partial charge on any atom is 0.214 e. The van der Waals surface area contributed by atoms with Crippen molar-refractivity contribution in [2.24, 2.45) is 0 Å². The topological polar surface area (TPSA) is 56.5 Å². The van der Waals surface area contributed by atoms with Crippen LogP contribution in [0.5, 0.6) is 0 Å². The Morgan fingerprint density at radius 3 is 2.75 bits per heavy atom. The highest BCUT2D eigenvalue weighted by Gasteiger charge is 2.10. The minimum atomic E-state index is 0.513. The summed E-state index contributed by atoms with van der Waals surface area (Å²) in [6, 6.07) is 13.6. The first-order valence-corrected chi connectivity index (χ1v) is 7.27. The fraction of sp³-hybridized carbons (Fsp3) is 0.0769. The standard InChI is InChI=1S/C13H10ClN5S/c14-12-10(5-4-8-15-12)9-20-13-16-17-18-19(13)11-6-2-1-3-7-11/h1-8H,9H2. The van der Waals surface area contributed by atoms with Crippen LogP contribution in [-0.4, -0.2) is 25.2 Å². The minimum Gasteiger partial charge on any atom is -0.244 e. The third-order valence-electron chi connectivity index (χ3n) is 2.63. The number of hydrogen-bond acceptors (Lipinski definition) is 5. The van der Waals surface area contributed by atoms with E-state index < -0.39 is 0 Å². The van der Waals surface area contributed by atoms with Crippen LogP contribution in [0.25, 0.3) is 5.69 Å². The van der Waals surface area contributed by atoms with E-state index in [-0.39, 0.29) is 0 Å². The fourth-order valence-corrected chi connectivity index (χ4v) is 2.81. The number of thioether (sulfide) groups is 1. The number of aromatic nitrogens is 5. The van der Waals surface area contributed by atoms with Crippen LogP contribution < -0.4 is 0 Å². The maximum atomic E-state index is 6.04. The van der Waals surface area contributed by atoms with Gasteiger partial charge in [-0.05, 0) is 34.2 Å². The summed E-state index contributed by atoms with van der Waals surface area (Å²) in [6.07, 6.45) is 1.67. The lowest BCUT2D eigenvalue weighted by Crippen LogP contribution is -1.98. The Morgan fingerprint density at radius 2 is 1.95 bits per heavy atom. The fourth-order valence-electron chi connectivity index (χ4n) is 1.67. The van der Waals surface area contributed by atoms with Crippen molar-refractivity contribution in [2.75, 3.05) is 0 Å². The van der Waals surface area contributed by atoms with Gasteiger partial charge in [-0.1, -0.05) is 47.6 Å². The van der Waals surface area contributed by atoms with Crippen molar-refractivity contribution in [1.82, 2.24) is 25.2 Å². The molecule has 3 rings (SSSR count). The molecular formula is C13H10ClN5S. The number of tetrazole rings is 1. The number of nitrogens with zero attached hydrogens (tertiary/aromatic N) is 5. The van der Waals surface area contributed by atoms with Gasteiger partial charge in [-0.15, -0.1) is 5.10 Å². The van der Waals surface area contributed by atoms with Crippen molar-refractivity contribution in [3.63, 3.8) is 0 Å². The van der Waals surface area contributed by atoms with Crippen molar-refractivity contribution in [1.29, 1.82) is 0 Å². The van der Waals surface area contributed by atoms with Crippen LogP contribution in [0.1, 0.15) is 5.56 Å². The summed E-state index contributed by atoms with van der Waals surface area (Å²) >= 11 is 7.56. The molecule has 5 nitrogen and oxygen atoms in total. The molecule has 0 amide bonds. The van der Waals surface area contributed by atoms with Gasteiger partial charge in [-0.25, -0.2) is 4.98 Å². The van der Waals surface area contributed by atoms with E-state index >= 15 is 0 Å². The summed E-state index contributed by atoms with van der Waals surface area (Å²) in [5.74, 6) is 0.667. The lowest BCUT2D eigenvalue weighted by Gasteiger charge is -2.04. The number of hydrogen-bond donors (Lipinski definition) is 0. The molecule has 0 spiro atoms. The van der Waals surface area contributed by atoms with Crippen molar-refractivity contribution < 1.29 is 0 Å². The predicted molar refractivity (Wildman–Crippen MR) is 78.0 cm³/mol. The monoisotopic (exact) mass is 303 g/mol. The van der Waals surface area contributed by atoms with Crippen LogP contribution in [-0.2, 0) is 5.75 Å². The van der Waals surface area contributed by atoms with Gasteiger partial charge in [0, 0.05) is 11.9 Å². The van der Waals surface area contributed by atoms with E-state index in [0.29, 0.717) is 10.9 Å². The molecule has 7 heteroatoms. The van der Waals surface area contributed by atoms with Crippen LogP contribution in [0.4, 0.5) is 0 Å². The zero-order valence-electron chi connectivity index (χ0n) is 10.3. The van der Waals surface area contributed by atoms with E-state index in [0.717, 1.165) is 16.4 Å². The summed E-state index contributed by atoms with van der Waals surface area (Å²) < 4.78 is 1.70. The van der Waals surface area contributed by atoms with Gasteiger partial charge < -0.3 is 0 Å². The van der Waals surface area contributed by atoms with Crippen molar-refractivity contribution in [3.05, 3.63) is 59.4 Å². The van der Waals surface area contributed by atoms with Crippen LogP contribution >= 0.6 is 23.4 Å². The van der Waals surface area contributed by atoms with Gasteiger partial charge in [0.25, 0.3) is 0 Å². The highest BCUT2D eigenvalue weighted by Crippen LogP contribution is 2.24. The Balaban J connectivity index is 1.80. The molecule has 0 unspecified atom stereocenters. The van der Waals surface area contributed by atoms with E-state index in [1.165, 1.54) is 11.8 Å². The van der Waals surface area contributed by atoms with Crippen LogP contribution in [0.15, 0.2) is 53.8 Å². The quantitative estimate of drug-likeness (QED) is 0.548. The summed E-state index contributed by atoms with van der Waals surface area (Å²) in [4.78, 5) is 4.05. The lowest BCUT2D eigenvalue weighted by molar-refractivity contribution is 0.756. The molecular weight excluding hydrogens is 294 g/mol. The smallest absolute Gasteiger partial charge is 0.214 e. The zero-order chi connectivity index (χ0) is 13.8. The first-order valence-electron chi connectivity index (χ1n) is 5.90. The normalized spacial score (nSPS) is 10.7. The summed E-state index contributed by atoms with van der Waals surface area (Å²) in [5, 5.41) is 13.0. The molecule has 0 aliphatic carbocycles. The van der Waals surface area contributed by atoms with Crippen LogP contribution in [0.2, 0.25) is 5.15 Å². The predicted octanol–water partition coefficient (Wildman–Crippen LogP) is 3.00. The molecule has 2 heterocycles. The second-order valence-corrected chi connectivity index (χ2v) is 5.25. The summed E-state index contributed by atoms with van der Waals surface area (Å²) in [6.45, 7) is 0. The van der Waals surface area contributed by atoms with Gasteiger partial charge in [-0.2, -0.15) is 4.68 Å². The van der Waals surface area contributed by atoms with Crippen molar-refractivity contribution in [3.8, 4) is 5.69 Å². The number of rotatable bonds is 4. The second kappa shape index (κ2) is 6.02. The van der Waals surface area contributed by atoms with E-state index in [1.54, 1.807) is 10.9 Å². The van der Waals surface area contributed by atoms with Gasteiger partial charge >= 0.3 is 0 Å². The molecule has 2 aromatic heterocycles. The van der Waals surface area contributed by atoms with Gasteiger partial charge in [0.1, 0.15) is 5.15 Å². The second-order valence-electron chi connectivity index (χ2n) is 3.95. The summed E-state index contributed by atoms with van der Waals surface area (Å²) in [5.41, 5.74) is 1.89. The number of halogens is 1. The molecule has 0 aliphatic heterocycles. The molecule has 0 aliphatic rings. The van der Waals surface area contributed by atoms with Crippen molar-refractivity contribution >= 4 is 23.4 Å². The molecule has 0 bridgehead atoms. The molecule has 3 aromatic rings. The third kappa shape index (κ3) is 2.81. The van der Waals surface area contributed by atoms with Gasteiger partial charge in [-0.3, -0.25) is 0 Å². The van der Waals surface area contributed by atoms with E-state index in [1.807, 2.05) is 42.5 Å². The number of para-hydroxylation sites is 1. The Kier molecular flexibility index (Phi) is 3.94. The van der Waals surface area contributed by atoms with Crippen molar-refractivity contribution in [2.45, 2.75) is 10.9 Å². The molecule has 0 radical (unpaired) electrons. The average Bonchev–Trinajstić information content (AvgIpc) is 2.96. The lowest BCUT2D eigenvalue weighted by atomic mass is 10.3. The Labute approximate surface area is 125 Å². The highest BCUT2D eigenvalue weighted by atomic mass is 35.5. The highest BCUT2D eigenvalue weighted by molar-refractivity contribution is 7.98. The molecule has 100 valence electrons. The van der Waals surface area contributed by atoms with Crippen LogP contribution in [0.3, 0.4) is 0 Å². The number of benzene rings is 1. The number of pyridine rings is 1. The molecule has 0 saturated heterocycles. The maximum absolute atomic E-state index is 6.04. The summed E-state index contributed by atoms with van der Waals surface area (Å²) in [7, 11) is 0. The molecule has 0 saturated carbocycles. The van der Waals surface area contributed by atoms with E-state index in [9.17, 15) is 0 Å². The van der Waals surface area contributed by atoms with E-state index in [4.69, 9.17) is 11.6 Å². The molecule has 0 fully saturated rings. The SMILES string of the molecule is Clc1ncccc1CSc1nnnn1-c1ccccc1.